The van der Waals surface area contributed by atoms with Gasteiger partial charge in [0.2, 0.25) is 0 Å². The minimum Gasteiger partial charge on any atom is -0.463 e. The minimum atomic E-state index is -0.189. The van der Waals surface area contributed by atoms with Crippen LogP contribution in [-0.2, 0) is 22.5 Å². The summed E-state index contributed by atoms with van der Waals surface area (Å²) < 4.78 is 5.05. The maximum Gasteiger partial charge on any atom is 0.310 e. The molecule has 1 aromatic rings. The van der Waals surface area contributed by atoms with Crippen molar-refractivity contribution in [1.29, 1.82) is 0 Å². The third-order valence-corrected chi connectivity index (χ3v) is 1.97. The molecule has 0 fully saturated rings. The number of rotatable bonds is 4. The molecule has 0 bridgehead atoms. The van der Waals surface area contributed by atoms with Crippen molar-refractivity contribution in [3.8, 4) is 0 Å². The van der Waals surface area contributed by atoms with Crippen molar-refractivity contribution in [2.24, 2.45) is 5.73 Å². The number of carbonyl (C=O) groups is 1. The normalized spacial score (nSPS) is 10.4. The average molecular weight is 207 g/mol. The van der Waals surface area contributed by atoms with Gasteiger partial charge in [-0.2, -0.15) is 0 Å². The number of ether oxygens (including phenoxy) is 1. The standard InChI is InChI=1S/C12H17NO2/c1-9(2)15-12(14)7-10-3-5-11(8-13)6-4-10/h3-6,9H,7-8,13H2,1-2H3. The molecule has 3 nitrogen and oxygen atoms in total. The van der Waals surface area contributed by atoms with E-state index >= 15 is 0 Å². The topological polar surface area (TPSA) is 52.3 Å². The Labute approximate surface area is 90.2 Å². The molecule has 0 aromatic heterocycles. The maximum atomic E-state index is 11.3. The summed E-state index contributed by atoms with van der Waals surface area (Å²) in [6, 6.07) is 7.67. The van der Waals surface area contributed by atoms with Crippen molar-refractivity contribution in [3.63, 3.8) is 0 Å². The number of esters is 1. The van der Waals surface area contributed by atoms with Crippen molar-refractivity contribution in [2.45, 2.75) is 32.9 Å². The first-order valence-corrected chi connectivity index (χ1v) is 5.09. The van der Waals surface area contributed by atoms with Gasteiger partial charge in [0, 0.05) is 6.54 Å². The molecule has 0 heterocycles. The van der Waals surface area contributed by atoms with Crippen LogP contribution < -0.4 is 5.73 Å². The van der Waals surface area contributed by atoms with Gasteiger partial charge in [0.1, 0.15) is 0 Å². The minimum absolute atomic E-state index is 0.0548. The van der Waals surface area contributed by atoms with Crippen LogP contribution in [0.2, 0.25) is 0 Å². The first-order valence-electron chi connectivity index (χ1n) is 5.09. The Kier molecular flexibility index (Phi) is 4.31. The van der Waals surface area contributed by atoms with Crippen LogP contribution in [0.25, 0.3) is 0 Å². The second-order valence-electron chi connectivity index (χ2n) is 3.74. The van der Waals surface area contributed by atoms with Crippen molar-refractivity contribution in [1.82, 2.24) is 0 Å². The predicted molar refractivity (Wildman–Crippen MR) is 59.3 cm³/mol. The van der Waals surface area contributed by atoms with Crippen molar-refractivity contribution >= 4 is 5.97 Å². The van der Waals surface area contributed by atoms with E-state index in [4.69, 9.17) is 10.5 Å². The Morgan fingerprint density at radius 1 is 1.27 bits per heavy atom. The third kappa shape index (κ3) is 4.13. The molecular formula is C12H17NO2. The lowest BCUT2D eigenvalue weighted by molar-refractivity contribution is -0.146. The van der Waals surface area contributed by atoms with Gasteiger partial charge in [-0.15, -0.1) is 0 Å². The lowest BCUT2D eigenvalue weighted by atomic mass is 10.1. The molecule has 0 saturated heterocycles. The Balaban J connectivity index is 2.53. The molecule has 0 aliphatic carbocycles. The third-order valence-electron chi connectivity index (χ3n) is 1.97. The van der Waals surface area contributed by atoms with Gasteiger partial charge < -0.3 is 10.5 Å². The van der Waals surface area contributed by atoms with Crippen LogP contribution in [0.5, 0.6) is 0 Å². The lowest BCUT2D eigenvalue weighted by Crippen LogP contribution is -2.13. The van der Waals surface area contributed by atoms with Gasteiger partial charge in [-0.1, -0.05) is 24.3 Å². The summed E-state index contributed by atoms with van der Waals surface area (Å²) in [7, 11) is 0. The fourth-order valence-electron chi connectivity index (χ4n) is 1.26. The van der Waals surface area contributed by atoms with Crippen LogP contribution in [0.15, 0.2) is 24.3 Å². The summed E-state index contributed by atoms with van der Waals surface area (Å²) in [5.74, 6) is -0.189. The van der Waals surface area contributed by atoms with E-state index in [2.05, 4.69) is 0 Å². The number of hydrogen-bond acceptors (Lipinski definition) is 3. The second-order valence-corrected chi connectivity index (χ2v) is 3.74. The van der Waals surface area contributed by atoms with Crippen molar-refractivity contribution in [3.05, 3.63) is 35.4 Å². The van der Waals surface area contributed by atoms with E-state index in [1.54, 1.807) is 0 Å². The van der Waals surface area contributed by atoms with E-state index in [1.807, 2.05) is 38.1 Å². The summed E-state index contributed by atoms with van der Waals surface area (Å²) in [6.45, 7) is 4.21. The number of nitrogens with two attached hydrogens (primary N) is 1. The van der Waals surface area contributed by atoms with E-state index in [0.717, 1.165) is 11.1 Å². The molecular weight excluding hydrogens is 190 g/mol. The SMILES string of the molecule is CC(C)OC(=O)Cc1ccc(CN)cc1. The van der Waals surface area contributed by atoms with Gasteiger partial charge in [0.25, 0.3) is 0 Å². The van der Waals surface area contributed by atoms with Crippen molar-refractivity contribution < 1.29 is 9.53 Å². The van der Waals surface area contributed by atoms with E-state index in [1.165, 1.54) is 0 Å². The molecule has 3 heteroatoms. The monoisotopic (exact) mass is 207 g/mol. The maximum absolute atomic E-state index is 11.3. The molecule has 0 spiro atoms. The van der Waals surface area contributed by atoms with Gasteiger partial charge in [-0.05, 0) is 25.0 Å². The predicted octanol–water partition coefficient (Wildman–Crippen LogP) is 1.64. The van der Waals surface area contributed by atoms with Crippen LogP contribution in [0, 0.1) is 0 Å². The molecule has 1 aromatic carbocycles. The molecule has 15 heavy (non-hydrogen) atoms. The molecule has 0 atom stereocenters. The van der Waals surface area contributed by atoms with Gasteiger partial charge in [-0.25, -0.2) is 0 Å². The summed E-state index contributed by atoms with van der Waals surface area (Å²) in [5, 5.41) is 0. The molecule has 0 amide bonds. The quantitative estimate of drug-likeness (QED) is 0.764. The highest BCUT2D eigenvalue weighted by Crippen LogP contribution is 2.06. The molecule has 0 radical (unpaired) electrons. The summed E-state index contributed by atoms with van der Waals surface area (Å²) >= 11 is 0. The van der Waals surface area contributed by atoms with Gasteiger partial charge >= 0.3 is 5.97 Å². The van der Waals surface area contributed by atoms with E-state index in [9.17, 15) is 4.79 Å². The summed E-state index contributed by atoms with van der Waals surface area (Å²) in [5.41, 5.74) is 7.50. The Bertz CT molecular complexity index is 317. The molecule has 1 rings (SSSR count). The Morgan fingerprint density at radius 2 is 1.80 bits per heavy atom. The van der Waals surface area contributed by atoms with Crippen LogP contribution in [0.1, 0.15) is 25.0 Å². The Morgan fingerprint density at radius 3 is 2.27 bits per heavy atom. The van der Waals surface area contributed by atoms with Gasteiger partial charge in [-0.3, -0.25) is 4.79 Å². The Hall–Kier alpha value is -1.35. The molecule has 0 unspecified atom stereocenters. The second kappa shape index (κ2) is 5.51. The van der Waals surface area contributed by atoms with E-state index < -0.39 is 0 Å². The van der Waals surface area contributed by atoms with Gasteiger partial charge in [0.15, 0.2) is 0 Å². The lowest BCUT2D eigenvalue weighted by Gasteiger charge is -2.07. The average Bonchev–Trinajstić information content (AvgIpc) is 2.17. The molecule has 0 saturated carbocycles. The highest BCUT2D eigenvalue weighted by atomic mass is 16.5. The fraction of sp³-hybridized carbons (Fsp3) is 0.417. The zero-order valence-electron chi connectivity index (χ0n) is 9.19. The molecule has 2 N–H and O–H groups in total. The zero-order chi connectivity index (χ0) is 11.3. The first-order chi connectivity index (χ1) is 7.11. The number of hydrogen-bond donors (Lipinski definition) is 1. The van der Waals surface area contributed by atoms with E-state index in [0.29, 0.717) is 13.0 Å². The van der Waals surface area contributed by atoms with Crippen molar-refractivity contribution in [2.75, 3.05) is 0 Å². The molecule has 0 aliphatic rings. The first kappa shape index (κ1) is 11.7. The zero-order valence-corrected chi connectivity index (χ0v) is 9.19. The van der Waals surface area contributed by atoms with Crippen LogP contribution in [0.4, 0.5) is 0 Å². The van der Waals surface area contributed by atoms with E-state index in [-0.39, 0.29) is 12.1 Å². The van der Waals surface area contributed by atoms with Crippen LogP contribution >= 0.6 is 0 Å². The van der Waals surface area contributed by atoms with Gasteiger partial charge in [0.05, 0.1) is 12.5 Å². The highest BCUT2D eigenvalue weighted by Gasteiger charge is 2.06. The summed E-state index contributed by atoms with van der Waals surface area (Å²) in [4.78, 5) is 11.3. The molecule has 0 aliphatic heterocycles. The number of carbonyl (C=O) groups excluding carboxylic acids is 1. The molecule has 82 valence electrons. The smallest absolute Gasteiger partial charge is 0.310 e. The largest absolute Gasteiger partial charge is 0.463 e. The number of benzene rings is 1. The fourth-order valence-corrected chi connectivity index (χ4v) is 1.26. The van der Waals surface area contributed by atoms with Crippen LogP contribution in [-0.4, -0.2) is 12.1 Å². The highest BCUT2D eigenvalue weighted by molar-refractivity contribution is 5.72. The summed E-state index contributed by atoms with van der Waals surface area (Å²) in [6.07, 6.45) is 0.268. The van der Waals surface area contributed by atoms with Crippen LogP contribution in [0.3, 0.4) is 0 Å².